The molecule has 0 amide bonds. The van der Waals surface area contributed by atoms with E-state index in [2.05, 4.69) is 53.2 Å². The van der Waals surface area contributed by atoms with E-state index in [0.29, 0.717) is 0 Å². The van der Waals surface area contributed by atoms with E-state index in [1.165, 1.54) is 21.2 Å². The number of methoxy groups -OCH3 is 1. The Labute approximate surface area is 129 Å². The first-order chi connectivity index (χ1) is 10.3. The van der Waals surface area contributed by atoms with Gasteiger partial charge in [-0.05, 0) is 41.3 Å². The molecule has 1 N–H and O–H groups in total. The lowest BCUT2D eigenvalue weighted by atomic mass is 9.98. The number of ether oxygens (including phenoxy) is 1. The van der Waals surface area contributed by atoms with E-state index in [1.54, 1.807) is 18.4 Å². The van der Waals surface area contributed by atoms with Crippen LogP contribution in [0.3, 0.4) is 0 Å². The maximum atomic E-state index is 5.46. The number of fused-ring (bicyclic) bond motifs is 1. The summed E-state index contributed by atoms with van der Waals surface area (Å²) in [4.78, 5) is 1.26. The second-order valence-electron chi connectivity index (χ2n) is 5.04. The van der Waals surface area contributed by atoms with E-state index in [1.807, 2.05) is 13.1 Å². The number of rotatable bonds is 5. The molecule has 0 aliphatic rings. The summed E-state index contributed by atoms with van der Waals surface area (Å²) in [6.45, 7) is 0. The highest BCUT2D eigenvalue weighted by atomic mass is 32.1. The Morgan fingerprint density at radius 1 is 1.10 bits per heavy atom. The van der Waals surface area contributed by atoms with E-state index >= 15 is 0 Å². The summed E-state index contributed by atoms with van der Waals surface area (Å²) < 4.78 is 5.46. The zero-order valence-corrected chi connectivity index (χ0v) is 13.1. The molecule has 0 bridgehead atoms. The molecule has 3 aromatic rings. The van der Waals surface area contributed by atoms with Gasteiger partial charge in [0, 0.05) is 6.04 Å². The molecule has 3 rings (SSSR count). The van der Waals surface area contributed by atoms with Crippen molar-refractivity contribution in [3.63, 3.8) is 0 Å². The minimum absolute atomic E-state index is 0.269. The second-order valence-corrected chi connectivity index (χ2v) is 5.98. The Hall–Kier alpha value is -1.84. The summed E-state index contributed by atoms with van der Waals surface area (Å²) in [7, 11) is 3.74. The Morgan fingerprint density at radius 3 is 2.71 bits per heavy atom. The van der Waals surface area contributed by atoms with Crippen LogP contribution < -0.4 is 10.1 Å². The van der Waals surface area contributed by atoms with Crippen molar-refractivity contribution in [3.8, 4) is 5.75 Å². The van der Waals surface area contributed by atoms with Crippen LogP contribution in [0, 0.1) is 0 Å². The Bertz CT molecular complexity index is 729. The molecule has 0 saturated heterocycles. The van der Waals surface area contributed by atoms with Crippen LogP contribution >= 0.6 is 11.3 Å². The van der Waals surface area contributed by atoms with Crippen LogP contribution in [0.2, 0.25) is 0 Å². The molecular formula is C18H19NOS. The van der Waals surface area contributed by atoms with Gasteiger partial charge < -0.3 is 10.1 Å². The zero-order valence-electron chi connectivity index (χ0n) is 12.3. The maximum Gasteiger partial charge on any atom is 0.134 e. The highest BCUT2D eigenvalue weighted by Gasteiger charge is 2.17. The summed E-state index contributed by atoms with van der Waals surface area (Å²) in [5.74, 6) is 0.972. The van der Waals surface area contributed by atoms with Crippen LogP contribution in [-0.2, 0) is 6.42 Å². The summed E-state index contributed by atoms with van der Waals surface area (Å²) in [6, 6.07) is 17.4. The zero-order chi connectivity index (χ0) is 14.7. The maximum absolute atomic E-state index is 5.46. The van der Waals surface area contributed by atoms with Crippen molar-refractivity contribution < 1.29 is 4.74 Å². The van der Waals surface area contributed by atoms with Crippen LogP contribution in [-0.4, -0.2) is 14.2 Å². The monoisotopic (exact) mass is 297 g/mol. The van der Waals surface area contributed by atoms with Gasteiger partial charge in [0.05, 0.1) is 12.0 Å². The lowest BCUT2D eigenvalue weighted by Gasteiger charge is -2.17. The fourth-order valence-electron chi connectivity index (χ4n) is 2.75. The number of likely N-dealkylation sites (N-methyl/N-ethyl adjacent to an activating group) is 1. The fraction of sp³-hybridized carbons (Fsp3) is 0.222. The molecule has 21 heavy (non-hydrogen) atoms. The summed E-state index contributed by atoms with van der Waals surface area (Å²) in [5, 5.41) is 8.13. The Balaban J connectivity index is 1.96. The topological polar surface area (TPSA) is 21.3 Å². The third kappa shape index (κ3) is 2.80. The molecule has 0 spiro atoms. The van der Waals surface area contributed by atoms with E-state index in [9.17, 15) is 0 Å². The number of hydrogen-bond acceptors (Lipinski definition) is 3. The van der Waals surface area contributed by atoms with Crippen LogP contribution in [0.25, 0.3) is 10.8 Å². The van der Waals surface area contributed by atoms with Gasteiger partial charge in [0.25, 0.3) is 0 Å². The summed E-state index contributed by atoms with van der Waals surface area (Å²) in [5.41, 5.74) is 1.36. The minimum atomic E-state index is 0.269. The van der Waals surface area contributed by atoms with Crippen molar-refractivity contribution in [3.05, 3.63) is 64.4 Å². The number of nitrogens with one attached hydrogen (secondary N) is 1. The molecule has 2 aromatic carbocycles. The highest BCUT2D eigenvalue weighted by molar-refractivity contribution is 7.10. The molecule has 1 unspecified atom stereocenters. The van der Waals surface area contributed by atoms with E-state index < -0.39 is 0 Å². The van der Waals surface area contributed by atoms with Gasteiger partial charge in [-0.3, -0.25) is 0 Å². The average molecular weight is 297 g/mol. The van der Waals surface area contributed by atoms with Crippen molar-refractivity contribution >= 4 is 22.1 Å². The first-order valence-electron chi connectivity index (χ1n) is 7.08. The molecule has 1 heterocycles. The Kier molecular flexibility index (Phi) is 4.23. The van der Waals surface area contributed by atoms with Gasteiger partial charge in [-0.15, -0.1) is 11.3 Å². The number of thiophene rings is 1. The van der Waals surface area contributed by atoms with Crippen molar-refractivity contribution in [2.75, 3.05) is 14.2 Å². The summed E-state index contributed by atoms with van der Waals surface area (Å²) >= 11 is 1.74. The molecule has 0 radical (unpaired) electrons. The SMILES string of the molecule is CNC(Cc1cccc2ccccc12)c1sccc1OC. The van der Waals surface area contributed by atoms with Crippen LogP contribution in [0.15, 0.2) is 53.9 Å². The molecule has 1 atom stereocenters. The van der Waals surface area contributed by atoms with Gasteiger partial charge in [-0.1, -0.05) is 42.5 Å². The largest absolute Gasteiger partial charge is 0.496 e. The lowest BCUT2D eigenvalue weighted by molar-refractivity contribution is 0.405. The smallest absolute Gasteiger partial charge is 0.134 e. The van der Waals surface area contributed by atoms with Crippen molar-refractivity contribution in [1.82, 2.24) is 5.32 Å². The predicted octanol–water partition coefficient (Wildman–Crippen LogP) is 4.41. The van der Waals surface area contributed by atoms with Gasteiger partial charge >= 0.3 is 0 Å². The normalized spacial score (nSPS) is 12.5. The summed E-state index contributed by atoms with van der Waals surface area (Å²) in [6.07, 6.45) is 0.953. The molecule has 108 valence electrons. The van der Waals surface area contributed by atoms with E-state index in [-0.39, 0.29) is 6.04 Å². The third-order valence-electron chi connectivity index (χ3n) is 3.85. The Morgan fingerprint density at radius 2 is 1.90 bits per heavy atom. The molecule has 0 fully saturated rings. The quantitative estimate of drug-likeness (QED) is 0.753. The van der Waals surface area contributed by atoms with Crippen molar-refractivity contribution in [2.24, 2.45) is 0 Å². The van der Waals surface area contributed by atoms with E-state index in [0.717, 1.165) is 12.2 Å². The molecule has 0 aliphatic carbocycles. The molecular weight excluding hydrogens is 278 g/mol. The first-order valence-corrected chi connectivity index (χ1v) is 7.96. The van der Waals surface area contributed by atoms with Gasteiger partial charge in [-0.25, -0.2) is 0 Å². The van der Waals surface area contributed by atoms with Crippen molar-refractivity contribution in [1.29, 1.82) is 0 Å². The molecule has 2 nitrogen and oxygen atoms in total. The van der Waals surface area contributed by atoms with Gasteiger partial charge in [0.1, 0.15) is 5.75 Å². The third-order valence-corrected chi connectivity index (χ3v) is 4.86. The van der Waals surface area contributed by atoms with Gasteiger partial charge in [0.15, 0.2) is 0 Å². The van der Waals surface area contributed by atoms with Crippen molar-refractivity contribution in [2.45, 2.75) is 12.5 Å². The lowest BCUT2D eigenvalue weighted by Crippen LogP contribution is -2.18. The first kappa shape index (κ1) is 14.1. The molecule has 0 aliphatic heterocycles. The minimum Gasteiger partial charge on any atom is -0.496 e. The fourth-order valence-corrected chi connectivity index (χ4v) is 3.72. The van der Waals surface area contributed by atoms with Gasteiger partial charge in [0.2, 0.25) is 0 Å². The molecule has 0 saturated carbocycles. The number of benzene rings is 2. The average Bonchev–Trinajstić information content (AvgIpc) is 3.01. The standard InChI is InChI=1S/C18H19NOS/c1-19-16(18-17(20-2)10-11-21-18)12-14-8-5-7-13-6-3-4-9-15(13)14/h3-11,16,19H,12H2,1-2H3. The molecule has 1 aromatic heterocycles. The van der Waals surface area contributed by atoms with E-state index in [4.69, 9.17) is 4.74 Å². The van der Waals surface area contributed by atoms with Crippen LogP contribution in [0.1, 0.15) is 16.5 Å². The highest BCUT2D eigenvalue weighted by Crippen LogP contribution is 2.33. The van der Waals surface area contributed by atoms with Crippen LogP contribution in [0.4, 0.5) is 0 Å². The number of hydrogen-bond donors (Lipinski definition) is 1. The predicted molar refractivity (Wildman–Crippen MR) is 90.3 cm³/mol. The molecule has 3 heteroatoms. The second kappa shape index (κ2) is 6.29. The van der Waals surface area contributed by atoms with Gasteiger partial charge in [-0.2, -0.15) is 0 Å². The van der Waals surface area contributed by atoms with Crippen LogP contribution in [0.5, 0.6) is 5.75 Å².